The third kappa shape index (κ3) is 4.74. The molecule has 0 radical (unpaired) electrons. The van der Waals surface area contributed by atoms with E-state index in [2.05, 4.69) is 5.32 Å². The molecule has 0 aliphatic carbocycles. The van der Waals surface area contributed by atoms with Gasteiger partial charge in [-0.2, -0.15) is 4.31 Å². The first-order chi connectivity index (χ1) is 13.7. The number of aryl methyl sites for hydroxylation is 2. The molecular formula is C21H25ClN2O4S. The Kier molecular flexibility index (Phi) is 6.51. The number of halogens is 1. The van der Waals surface area contributed by atoms with Crippen LogP contribution in [0.15, 0.2) is 41.3 Å². The Morgan fingerprint density at radius 1 is 1.17 bits per heavy atom. The highest BCUT2D eigenvalue weighted by Crippen LogP contribution is 2.28. The number of hydrogen-bond acceptors (Lipinski definition) is 4. The molecule has 3 rings (SSSR count). The Labute approximate surface area is 176 Å². The second-order valence-corrected chi connectivity index (χ2v) is 9.63. The number of nitrogens with zero attached hydrogens (tertiary/aromatic N) is 1. The van der Waals surface area contributed by atoms with Crippen molar-refractivity contribution in [2.45, 2.75) is 31.6 Å². The van der Waals surface area contributed by atoms with Crippen molar-refractivity contribution < 1.29 is 17.9 Å². The van der Waals surface area contributed by atoms with Gasteiger partial charge in [0.2, 0.25) is 15.9 Å². The zero-order valence-corrected chi connectivity index (χ0v) is 18.3. The summed E-state index contributed by atoms with van der Waals surface area (Å²) in [5.74, 6) is 0.0188. The van der Waals surface area contributed by atoms with Crippen molar-refractivity contribution in [3.8, 4) is 5.75 Å². The smallest absolute Gasteiger partial charge is 0.243 e. The normalized spacial score (nSPS) is 17.7. The number of sulfonamides is 1. The summed E-state index contributed by atoms with van der Waals surface area (Å²) in [5.41, 5.74) is 2.28. The van der Waals surface area contributed by atoms with Gasteiger partial charge in [0.1, 0.15) is 5.75 Å². The van der Waals surface area contributed by atoms with Crippen molar-refractivity contribution in [1.82, 2.24) is 4.31 Å². The number of anilines is 1. The Morgan fingerprint density at radius 2 is 1.93 bits per heavy atom. The van der Waals surface area contributed by atoms with E-state index in [0.717, 1.165) is 11.1 Å². The van der Waals surface area contributed by atoms with E-state index >= 15 is 0 Å². The van der Waals surface area contributed by atoms with Crippen LogP contribution in [0.3, 0.4) is 0 Å². The van der Waals surface area contributed by atoms with Gasteiger partial charge in [-0.05, 0) is 68.1 Å². The molecule has 1 amide bonds. The van der Waals surface area contributed by atoms with Crippen LogP contribution in [0.5, 0.6) is 5.75 Å². The highest BCUT2D eigenvalue weighted by molar-refractivity contribution is 7.89. The number of methoxy groups -OCH3 is 1. The number of nitrogens with one attached hydrogen (secondary N) is 1. The van der Waals surface area contributed by atoms with E-state index in [-0.39, 0.29) is 17.3 Å². The standard InChI is InChI=1S/C21H25ClN2O4S/c1-14-6-7-17(12-19(14)22)23-21(25)16-5-4-10-24(13-16)29(26,27)18-8-9-20(28-3)15(2)11-18/h6-9,11-12,16H,4-5,10,13H2,1-3H3,(H,23,25)/t16-/m1/s1. The Balaban J connectivity index is 1.74. The second kappa shape index (κ2) is 8.73. The van der Waals surface area contributed by atoms with Crippen LogP contribution in [-0.2, 0) is 14.8 Å². The van der Waals surface area contributed by atoms with Crippen molar-refractivity contribution in [2.24, 2.45) is 5.92 Å². The molecule has 1 fully saturated rings. The van der Waals surface area contributed by atoms with Gasteiger partial charge in [-0.1, -0.05) is 17.7 Å². The van der Waals surface area contributed by atoms with E-state index in [4.69, 9.17) is 16.3 Å². The molecule has 156 valence electrons. The Morgan fingerprint density at radius 3 is 2.59 bits per heavy atom. The van der Waals surface area contributed by atoms with Crippen molar-refractivity contribution in [3.05, 3.63) is 52.5 Å². The molecule has 6 nitrogen and oxygen atoms in total. The van der Waals surface area contributed by atoms with Crippen LogP contribution in [0.1, 0.15) is 24.0 Å². The number of amides is 1. The van der Waals surface area contributed by atoms with Crippen LogP contribution in [0, 0.1) is 19.8 Å². The van der Waals surface area contributed by atoms with E-state index in [0.29, 0.717) is 35.8 Å². The predicted octanol–water partition coefficient (Wildman–Crippen LogP) is 4.00. The summed E-state index contributed by atoms with van der Waals surface area (Å²) in [5, 5.41) is 3.43. The lowest BCUT2D eigenvalue weighted by atomic mass is 9.98. The summed E-state index contributed by atoms with van der Waals surface area (Å²) in [7, 11) is -2.14. The van der Waals surface area contributed by atoms with Gasteiger partial charge in [-0.15, -0.1) is 0 Å². The first kappa shape index (κ1) is 21.6. The van der Waals surface area contributed by atoms with Crippen LogP contribution in [0.2, 0.25) is 5.02 Å². The molecule has 1 aliphatic rings. The highest BCUT2D eigenvalue weighted by Gasteiger charge is 2.33. The van der Waals surface area contributed by atoms with Crippen molar-refractivity contribution in [3.63, 3.8) is 0 Å². The SMILES string of the molecule is COc1ccc(S(=O)(=O)N2CCC[C@@H](C(=O)Nc3ccc(C)c(Cl)c3)C2)cc1C. The van der Waals surface area contributed by atoms with Gasteiger partial charge in [0, 0.05) is 23.8 Å². The van der Waals surface area contributed by atoms with Gasteiger partial charge < -0.3 is 10.1 Å². The molecule has 0 bridgehead atoms. The average Bonchev–Trinajstić information content (AvgIpc) is 2.70. The summed E-state index contributed by atoms with van der Waals surface area (Å²) < 4.78 is 32.8. The van der Waals surface area contributed by atoms with Crippen molar-refractivity contribution >= 4 is 33.2 Å². The molecule has 1 aliphatic heterocycles. The fourth-order valence-electron chi connectivity index (χ4n) is 3.45. The number of ether oxygens (including phenoxy) is 1. The molecule has 1 saturated heterocycles. The van der Waals surface area contributed by atoms with E-state index in [1.54, 1.807) is 44.4 Å². The lowest BCUT2D eigenvalue weighted by Crippen LogP contribution is -2.43. The van der Waals surface area contributed by atoms with Gasteiger partial charge >= 0.3 is 0 Å². The predicted molar refractivity (Wildman–Crippen MR) is 114 cm³/mol. The molecule has 1 N–H and O–H groups in total. The van der Waals surface area contributed by atoms with Gasteiger partial charge in [-0.25, -0.2) is 8.42 Å². The molecule has 29 heavy (non-hydrogen) atoms. The fourth-order valence-corrected chi connectivity index (χ4v) is 5.24. The monoisotopic (exact) mass is 436 g/mol. The molecule has 0 spiro atoms. The summed E-state index contributed by atoms with van der Waals surface area (Å²) in [6, 6.07) is 10.1. The molecule has 1 heterocycles. The maximum atomic E-state index is 13.1. The Hall–Kier alpha value is -2.09. The number of carbonyl (C=O) groups excluding carboxylic acids is 1. The molecule has 0 aromatic heterocycles. The molecular weight excluding hydrogens is 412 g/mol. The van der Waals surface area contributed by atoms with Crippen LogP contribution in [0.4, 0.5) is 5.69 Å². The minimum absolute atomic E-state index is 0.152. The first-order valence-corrected chi connectivity index (χ1v) is 11.3. The zero-order chi connectivity index (χ0) is 21.2. The first-order valence-electron chi connectivity index (χ1n) is 9.44. The van der Waals surface area contributed by atoms with E-state index in [1.165, 1.54) is 4.31 Å². The lowest BCUT2D eigenvalue weighted by Gasteiger charge is -2.31. The molecule has 0 saturated carbocycles. The third-order valence-electron chi connectivity index (χ3n) is 5.20. The quantitative estimate of drug-likeness (QED) is 0.768. The van der Waals surface area contributed by atoms with Gasteiger partial charge in [0.05, 0.1) is 17.9 Å². The lowest BCUT2D eigenvalue weighted by molar-refractivity contribution is -0.120. The van der Waals surface area contributed by atoms with Gasteiger partial charge in [-0.3, -0.25) is 4.79 Å². The zero-order valence-electron chi connectivity index (χ0n) is 16.7. The van der Waals surface area contributed by atoms with E-state index in [9.17, 15) is 13.2 Å². The summed E-state index contributed by atoms with van der Waals surface area (Å²) in [6.45, 7) is 4.24. The van der Waals surface area contributed by atoms with Gasteiger partial charge in [0.15, 0.2) is 0 Å². The van der Waals surface area contributed by atoms with Crippen molar-refractivity contribution in [1.29, 1.82) is 0 Å². The highest BCUT2D eigenvalue weighted by atomic mass is 35.5. The van der Waals surface area contributed by atoms with E-state index in [1.807, 2.05) is 13.0 Å². The second-order valence-electron chi connectivity index (χ2n) is 7.29. The number of rotatable bonds is 5. The molecule has 1 atom stereocenters. The van der Waals surface area contributed by atoms with Crippen LogP contribution >= 0.6 is 11.6 Å². The third-order valence-corrected chi connectivity index (χ3v) is 7.47. The summed E-state index contributed by atoms with van der Waals surface area (Å²) in [6.07, 6.45) is 1.26. The minimum Gasteiger partial charge on any atom is -0.496 e. The number of hydrogen-bond donors (Lipinski definition) is 1. The largest absolute Gasteiger partial charge is 0.496 e. The van der Waals surface area contributed by atoms with E-state index < -0.39 is 15.9 Å². The summed E-state index contributed by atoms with van der Waals surface area (Å²) >= 11 is 6.12. The van der Waals surface area contributed by atoms with Crippen LogP contribution in [-0.4, -0.2) is 38.8 Å². The number of piperidine rings is 1. The van der Waals surface area contributed by atoms with Crippen LogP contribution < -0.4 is 10.1 Å². The fraction of sp³-hybridized carbons (Fsp3) is 0.381. The van der Waals surface area contributed by atoms with Crippen LogP contribution in [0.25, 0.3) is 0 Å². The summed E-state index contributed by atoms with van der Waals surface area (Å²) in [4.78, 5) is 12.9. The number of benzene rings is 2. The topological polar surface area (TPSA) is 75.7 Å². The number of carbonyl (C=O) groups is 1. The Bertz CT molecular complexity index is 1020. The molecule has 2 aromatic carbocycles. The average molecular weight is 437 g/mol. The molecule has 2 aromatic rings. The maximum absolute atomic E-state index is 13.1. The maximum Gasteiger partial charge on any atom is 0.243 e. The molecule has 0 unspecified atom stereocenters. The van der Waals surface area contributed by atoms with Gasteiger partial charge in [0.25, 0.3) is 0 Å². The minimum atomic E-state index is -3.68. The van der Waals surface area contributed by atoms with Crippen molar-refractivity contribution in [2.75, 3.05) is 25.5 Å². The molecule has 8 heteroatoms.